The van der Waals surface area contributed by atoms with Gasteiger partial charge in [0.25, 0.3) is 0 Å². The fraction of sp³-hybridized carbons (Fsp3) is 0.0455. The lowest BCUT2D eigenvalue weighted by Crippen LogP contribution is -2.03. The minimum Gasteiger partial charge on any atom is -0.265 e. The Labute approximate surface area is 166 Å². The molecule has 0 spiro atoms. The maximum absolute atomic E-state index is 6.48. The molecule has 0 fully saturated rings. The van der Waals surface area contributed by atoms with Gasteiger partial charge in [0.2, 0.25) is 0 Å². The molecule has 5 rings (SSSR count). The zero-order valence-electron chi connectivity index (χ0n) is 14.1. The second kappa shape index (κ2) is 6.54. The Balaban J connectivity index is 1.81. The third-order valence-electron chi connectivity index (χ3n) is 4.76. The van der Waals surface area contributed by atoms with E-state index < -0.39 is 0 Å². The minimum atomic E-state index is -0.378. The van der Waals surface area contributed by atoms with Gasteiger partial charge in [0, 0.05) is 32.1 Å². The lowest BCUT2D eigenvalue weighted by molar-refractivity contribution is 0.155. The molecule has 27 heavy (non-hydrogen) atoms. The van der Waals surface area contributed by atoms with Crippen LogP contribution in [0.2, 0.25) is 10.0 Å². The predicted octanol–water partition coefficient (Wildman–Crippen LogP) is 6.66. The van der Waals surface area contributed by atoms with Crippen LogP contribution in [-0.4, -0.2) is 4.98 Å². The van der Waals surface area contributed by atoms with Crippen molar-refractivity contribution in [3.8, 4) is 11.3 Å². The van der Waals surface area contributed by atoms with Crippen LogP contribution in [0.3, 0.4) is 0 Å². The van der Waals surface area contributed by atoms with Crippen molar-refractivity contribution in [3.05, 3.63) is 94.0 Å². The fourth-order valence-electron chi connectivity index (χ4n) is 3.52. The Morgan fingerprint density at radius 3 is 2.48 bits per heavy atom. The van der Waals surface area contributed by atoms with Crippen LogP contribution >= 0.6 is 23.2 Å². The quantitative estimate of drug-likeness (QED) is 0.414. The molecule has 132 valence electrons. The third-order valence-corrected chi connectivity index (χ3v) is 5.33. The summed E-state index contributed by atoms with van der Waals surface area (Å²) in [5.41, 5.74) is 8.68. The SMILES string of the molecule is Clc1ccc(C2ONc3c2c(-c2ccccc2)nc2ccccc32)c(Cl)c1. The van der Waals surface area contributed by atoms with Crippen molar-refractivity contribution in [1.29, 1.82) is 0 Å². The predicted molar refractivity (Wildman–Crippen MR) is 110 cm³/mol. The molecule has 0 bridgehead atoms. The van der Waals surface area contributed by atoms with E-state index in [1.165, 1.54) is 0 Å². The largest absolute Gasteiger partial charge is 0.265 e. The molecule has 0 amide bonds. The third kappa shape index (κ3) is 2.76. The number of fused-ring (bicyclic) bond motifs is 3. The van der Waals surface area contributed by atoms with Gasteiger partial charge in [-0.2, -0.15) is 0 Å². The standard InChI is InChI=1S/C22H14Cl2N2O/c23-14-10-11-15(17(24)12-14)22-19-20(13-6-2-1-3-7-13)25-18-9-5-4-8-16(18)21(19)26-27-22/h1-12,22,26H. The van der Waals surface area contributed by atoms with E-state index in [2.05, 4.69) is 17.6 Å². The molecular weight excluding hydrogens is 379 g/mol. The van der Waals surface area contributed by atoms with Crippen LogP contribution in [0.5, 0.6) is 0 Å². The van der Waals surface area contributed by atoms with Gasteiger partial charge >= 0.3 is 0 Å². The van der Waals surface area contributed by atoms with E-state index in [1.807, 2.05) is 54.6 Å². The summed E-state index contributed by atoms with van der Waals surface area (Å²) < 4.78 is 0. The van der Waals surface area contributed by atoms with Crippen LogP contribution in [0.15, 0.2) is 72.8 Å². The summed E-state index contributed by atoms with van der Waals surface area (Å²) in [6.07, 6.45) is -0.378. The molecule has 1 aromatic heterocycles. The highest BCUT2D eigenvalue weighted by atomic mass is 35.5. The molecule has 0 aliphatic carbocycles. The monoisotopic (exact) mass is 392 g/mol. The van der Waals surface area contributed by atoms with Gasteiger partial charge in [0.1, 0.15) is 6.10 Å². The van der Waals surface area contributed by atoms with Gasteiger partial charge in [-0.1, -0.05) is 77.8 Å². The van der Waals surface area contributed by atoms with Crippen LogP contribution in [0.25, 0.3) is 22.2 Å². The van der Waals surface area contributed by atoms with Crippen LogP contribution in [0.4, 0.5) is 5.69 Å². The lowest BCUT2D eigenvalue weighted by Gasteiger charge is -2.16. The number of nitrogens with one attached hydrogen (secondary N) is 1. The Morgan fingerprint density at radius 2 is 1.67 bits per heavy atom. The summed E-state index contributed by atoms with van der Waals surface area (Å²) >= 11 is 12.6. The summed E-state index contributed by atoms with van der Waals surface area (Å²) in [4.78, 5) is 10.9. The molecule has 3 nitrogen and oxygen atoms in total. The first-order valence-electron chi connectivity index (χ1n) is 8.57. The number of benzene rings is 3. The molecule has 1 unspecified atom stereocenters. The Hall–Kier alpha value is -2.59. The number of rotatable bonds is 2. The summed E-state index contributed by atoms with van der Waals surface area (Å²) in [6.45, 7) is 0. The van der Waals surface area contributed by atoms with Gasteiger partial charge in [-0.3, -0.25) is 10.3 Å². The van der Waals surface area contributed by atoms with Gasteiger partial charge < -0.3 is 0 Å². The number of halogens is 2. The topological polar surface area (TPSA) is 34.1 Å². The molecule has 3 aromatic carbocycles. The Morgan fingerprint density at radius 1 is 0.889 bits per heavy atom. The first-order chi connectivity index (χ1) is 13.2. The second-order valence-electron chi connectivity index (χ2n) is 6.40. The van der Waals surface area contributed by atoms with Crippen molar-refractivity contribution >= 4 is 39.8 Å². The van der Waals surface area contributed by atoms with Crippen molar-refractivity contribution in [1.82, 2.24) is 4.98 Å². The van der Waals surface area contributed by atoms with Gasteiger partial charge in [0.15, 0.2) is 0 Å². The average Bonchev–Trinajstić information content (AvgIpc) is 3.13. The number of pyridine rings is 1. The summed E-state index contributed by atoms with van der Waals surface area (Å²) in [7, 11) is 0. The van der Waals surface area contributed by atoms with E-state index in [4.69, 9.17) is 33.0 Å². The lowest BCUT2D eigenvalue weighted by atomic mass is 9.94. The number of para-hydroxylation sites is 1. The minimum absolute atomic E-state index is 0.378. The number of nitrogens with zero attached hydrogens (tertiary/aromatic N) is 1. The van der Waals surface area contributed by atoms with E-state index >= 15 is 0 Å². The van der Waals surface area contributed by atoms with E-state index in [9.17, 15) is 0 Å². The van der Waals surface area contributed by atoms with Crippen LogP contribution in [0.1, 0.15) is 17.2 Å². The number of anilines is 1. The van der Waals surface area contributed by atoms with Crippen LogP contribution in [0, 0.1) is 0 Å². The smallest absolute Gasteiger partial charge is 0.141 e. The second-order valence-corrected chi connectivity index (χ2v) is 7.24. The van der Waals surface area contributed by atoms with E-state index in [1.54, 1.807) is 6.07 Å². The van der Waals surface area contributed by atoms with E-state index in [0.29, 0.717) is 10.0 Å². The van der Waals surface area contributed by atoms with Crippen molar-refractivity contribution in [2.45, 2.75) is 6.10 Å². The summed E-state index contributed by atoms with van der Waals surface area (Å²) in [6, 6.07) is 23.6. The van der Waals surface area contributed by atoms with Crippen LogP contribution < -0.4 is 5.48 Å². The normalized spacial score (nSPS) is 15.6. The van der Waals surface area contributed by atoms with Gasteiger partial charge in [0.05, 0.1) is 16.9 Å². The molecular formula is C22H14Cl2N2O. The zero-order valence-corrected chi connectivity index (χ0v) is 15.6. The van der Waals surface area contributed by atoms with Crippen molar-refractivity contribution in [2.24, 2.45) is 0 Å². The molecule has 1 aliphatic heterocycles. The fourth-order valence-corrected chi connectivity index (χ4v) is 4.03. The molecule has 4 aromatic rings. The zero-order chi connectivity index (χ0) is 18.4. The molecule has 0 saturated heterocycles. The van der Waals surface area contributed by atoms with E-state index in [-0.39, 0.29) is 6.10 Å². The highest BCUT2D eigenvalue weighted by molar-refractivity contribution is 6.35. The molecule has 1 atom stereocenters. The number of hydrogen-bond donors (Lipinski definition) is 1. The molecule has 0 radical (unpaired) electrons. The van der Waals surface area contributed by atoms with Crippen molar-refractivity contribution in [3.63, 3.8) is 0 Å². The first kappa shape index (κ1) is 16.6. The average molecular weight is 393 g/mol. The Kier molecular flexibility index (Phi) is 4.01. The van der Waals surface area contributed by atoms with Crippen molar-refractivity contribution < 1.29 is 4.84 Å². The Bertz CT molecular complexity index is 1160. The van der Waals surface area contributed by atoms with Gasteiger partial charge in [-0.05, 0) is 18.2 Å². The maximum atomic E-state index is 6.48. The molecule has 2 heterocycles. The highest BCUT2D eigenvalue weighted by Crippen LogP contribution is 2.47. The number of hydrogen-bond acceptors (Lipinski definition) is 3. The molecule has 5 heteroatoms. The number of aromatic nitrogens is 1. The van der Waals surface area contributed by atoms with Gasteiger partial charge in [-0.25, -0.2) is 4.98 Å². The summed E-state index contributed by atoms with van der Waals surface area (Å²) in [5.74, 6) is 0. The van der Waals surface area contributed by atoms with Gasteiger partial charge in [-0.15, -0.1) is 0 Å². The van der Waals surface area contributed by atoms with Crippen molar-refractivity contribution in [2.75, 3.05) is 5.48 Å². The molecule has 1 aliphatic rings. The molecule has 1 N–H and O–H groups in total. The van der Waals surface area contributed by atoms with E-state index in [0.717, 1.165) is 39.0 Å². The molecule has 0 saturated carbocycles. The first-order valence-corrected chi connectivity index (χ1v) is 9.32. The maximum Gasteiger partial charge on any atom is 0.141 e. The van der Waals surface area contributed by atoms with Crippen LogP contribution in [-0.2, 0) is 4.84 Å². The highest BCUT2D eigenvalue weighted by Gasteiger charge is 2.33. The summed E-state index contributed by atoms with van der Waals surface area (Å²) in [5, 5.41) is 2.17.